The normalized spacial score (nSPS) is 16.9. The van der Waals surface area contributed by atoms with Gasteiger partial charge in [0, 0.05) is 93.3 Å². The van der Waals surface area contributed by atoms with E-state index >= 15 is 0 Å². The van der Waals surface area contributed by atoms with Crippen LogP contribution in [0.15, 0.2) is 97.6 Å². The number of benzene rings is 4. The number of ether oxygens (including phenoxy) is 1. The van der Waals surface area contributed by atoms with E-state index in [2.05, 4.69) is 25.3 Å². The number of aryl methyl sites for hydroxylation is 4. The summed E-state index contributed by atoms with van der Waals surface area (Å²) in [5.41, 5.74) is 4.34. The third-order valence-corrected chi connectivity index (χ3v) is 17.6. The molecule has 4 aromatic heterocycles. The Morgan fingerprint density at radius 1 is 0.642 bits per heavy atom. The zero-order valence-electron chi connectivity index (χ0n) is 43.7. The summed E-state index contributed by atoms with van der Waals surface area (Å²) in [6, 6.07) is 20.2. The van der Waals surface area contributed by atoms with Gasteiger partial charge in [0.1, 0.15) is 22.4 Å². The number of carboxylic acid groups (broad SMARTS) is 1. The number of nitrogens with one attached hydrogen (secondary N) is 2. The van der Waals surface area contributed by atoms with Gasteiger partial charge < -0.3 is 39.4 Å². The van der Waals surface area contributed by atoms with Crippen LogP contribution in [0.25, 0.3) is 21.8 Å². The minimum absolute atomic E-state index is 0.0294. The van der Waals surface area contributed by atoms with Crippen LogP contribution in [0, 0.1) is 0 Å². The number of rotatable bonds is 16. The molecule has 0 spiro atoms. The Morgan fingerprint density at radius 2 is 1.06 bits per heavy atom. The molecule has 0 saturated carbocycles. The van der Waals surface area contributed by atoms with Crippen molar-refractivity contribution in [3.63, 3.8) is 0 Å². The first kappa shape index (κ1) is 58.7. The highest BCUT2D eigenvalue weighted by molar-refractivity contribution is 7.12. The van der Waals surface area contributed by atoms with E-state index in [0.717, 1.165) is 31.6 Å². The Hall–Kier alpha value is -6.94. The molecule has 2 aliphatic rings. The van der Waals surface area contributed by atoms with Gasteiger partial charge in [-0.2, -0.15) is 0 Å². The zero-order valence-corrected chi connectivity index (χ0v) is 48.3. The summed E-state index contributed by atoms with van der Waals surface area (Å²) in [7, 11) is 5.06. The van der Waals surface area contributed by atoms with Crippen molar-refractivity contribution < 1.29 is 47.4 Å². The van der Waals surface area contributed by atoms with E-state index < -0.39 is 30.4 Å². The fourth-order valence-electron chi connectivity index (χ4n) is 9.92. The van der Waals surface area contributed by atoms with Crippen molar-refractivity contribution in [3.8, 4) is 0 Å². The molecule has 16 nitrogen and oxygen atoms in total. The highest BCUT2D eigenvalue weighted by atomic mass is 35.5. The first-order valence-corrected chi connectivity index (χ1v) is 28.6. The SMILES string of the molecule is COC(=O)CCc1cnc([C@@H]2C[C@H](F)CN2C(=O)Cc2cc(Cl)c(NC(=O)c3cn(C)c4ccccc34)cc2Cl)s1.Cn1cc(C(=O)Nc2cc(Cl)c(CC(=O)N3C[C@@H](F)C[C@H]3c3ncc(CCC(=O)O)s3)cc2Cl)c2ccccc21. The summed E-state index contributed by atoms with van der Waals surface area (Å²) < 4.78 is 37.4. The van der Waals surface area contributed by atoms with E-state index in [1.807, 2.05) is 71.8 Å². The maximum absolute atomic E-state index is 14.5. The lowest BCUT2D eigenvalue weighted by Crippen LogP contribution is -2.32. The van der Waals surface area contributed by atoms with Crippen molar-refractivity contribution in [1.29, 1.82) is 0 Å². The quantitative estimate of drug-likeness (QED) is 0.0783. The number of thiazole rings is 2. The molecule has 2 fully saturated rings. The minimum atomic E-state index is -1.20. The average molecular weight is 1220 g/mol. The second kappa shape index (κ2) is 25.5. The van der Waals surface area contributed by atoms with E-state index in [4.69, 9.17) is 51.5 Å². The van der Waals surface area contributed by atoms with Gasteiger partial charge in [-0.05, 0) is 60.4 Å². The molecule has 6 heterocycles. The number of amides is 4. The molecule has 422 valence electrons. The smallest absolute Gasteiger partial charge is 0.305 e. The van der Waals surface area contributed by atoms with Crippen molar-refractivity contribution >= 4 is 138 Å². The number of likely N-dealkylation sites (tertiary alicyclic amines) is 2. The molecular weight excluding hydrogens is 1170 g/mol. The summed E-state index contributed by atoms with van der Waals surface area (Å²) in [4.78, 5) is 88.4. The third kappa shape index (κ3) is 13.5. The number of esters is 1. The predicted molar refractivity (Wildman–Crippen MR) is 311 cm³/mol. The summed E-state index contributed by atoms with van der Waals surface area (Å²) in [6.45, 7) is -0.122. The molecule has 10 rings (SSSR count). The number of carbonyl (C=O) groups excluding carboxylic acids is 5. The van der Waals surface area contributed by atoms with Gasteiger partial charge in [0.05, 0.1) is 90.5 Å². The summed E-state index contributed by atoms with van der Waals surface area (Å²) in [6.07, 6.45) is 5.35. The number of methoxy groups -OCH3 is 1. The Bertz CT molecular complexity index is 3740. The number of fused-ring (bicyclic) bond motifs is 2. The Labute approximate surface area is 491 Å². The number of hydrogen-bond donors (Lipinski definition) is 3. The first-order valence-electron chi connectivity index (χ1n) is 25.5. The van der Waals surface area contributed by atoms with Crippen molar-refractivity contribution in [2.24, 2.45) is 14.1 Å². The molecule has 2 saturated heterocycles. The second-order valence-corrected chi connectivity index (χ2v) is 23.5. The molecule has 4 aromatic carbocycles. The van der Waals surface area contributed by atoms with E-state index in [-0.39, 0.29) is 101 Å². The van der Waals surface area contributed by atoms with Crippen LogP contribution in [0.1, 0.15) is 89.4 Å². The molecule has 2 aliphatic heterocycles. The van der Waals surface area contributed by atoms with Crippen LogP contribution in [0.5, 0.6) is 0 Å². The fraction of sp³-hybridized carbons (Fsp3) is 0.298. The largest absolute Gasteiger partial charge is 0.481 e. The van der Waals surface area contributed by atoms with Gasteiger partial charge in [0.15, 0.2) is 0 Å². The van der Waals surface area contributed by atoms with E-state index in [1.165, 1.54) is 57.8 Å². The molecule has 0 radical (unpaired) electrons. The Balaban J connectivity index is 0.000000196. The molecule has 4 amide bonds. The van der Waals surface area contributed by atoms with E-state index in [0.29, 0.717) is 56.5 Å². The van der Waals surface area contributed by atoms with Gasteiger partial charge in [-0.1, -0.05) is 82.8 Å². The van der Waals surface area contributed by atoms with E-state index in [1.54, 1.807) is 30.9 Å². The van der Waals surface area contributed by atoms with Crippen LogP contribution in [0.2, 0.25) is 20.1 Å². The van der Waals surface area contributed by atoms with Crippen molar-refractivity contribution in [2.45, 2.75) is 75.8 Å². The molecule has 3 N–H and O–H groups in total. The van der Waals surface area contributed by atoms with Crippen molar-refractivity contribution in [2.75, 3.05) is 30.8 Å². The molecule has 0 bridgehead atoms. The number of para-hydroxylation sites is 2. The van der Waals surface area contributed by atoms with Gasteiger partial charge in [-0.25, -0.2) is 18.7 Å². The van der Waals surface area contributed by atoms with Crippen LogP contribution >= 0.6 is 69.1 Å². The van der Waals surface area contributed by atoms with Gasteiger partial charge in [0.2, 0.25) is 11.8 Å². The zero-order chi connectivity index (χ0) is 57.8. The summed E-state index contributed by atoms with van der Waals surface area (Å²) >= 11 is 28.7. The van der Waals surface area contributed by atoms with E-state index in [9.17, 15) is 37.5 Å². The van der Waals surface area contributed by atoms with Crippen LogP contribution in [0.4, 0.5) is 20.2 Å². The van der Waals surface area contributed by atoms with Crippen LogP contribution in [-0.2, 0) is 63.7 Å². The maximum atomic E-state index is 14.5. The minimum Gasteiger partial charge on any atom is -0.481 e. The van der Waals surface area contributed by atoms with Gasteiger partial charge in [-0.15, -0.1) is 22.7 Å². The number of nitrogens with zero attached hydrogens (tertiary/aromatic N) is 6. The number of anilines is 2. The fourth-order valence-corrected chi connectivity index (χ4v) is 12.9. The number of carboxylic acids is 1. The number of aromatic nitrogens is 4. The van der Waals surface area contributed by atoms with Crippen LogP contribution < -0.4 is 10.6 Å². The average Bonchev–Trinajstić information content (AvgIpc) is 4.46. The van der Waals surface area contributed by atoms with Gasteiger partial charge >= 0.3 is 11.9 Å². The molecule has 0 aliphatic carbocycles. The standard InChI is InChI=1S/C29H27Cl2FN4O4S.C28H25Cl2FN4O4S/c1-35-15-20(19-5-3-4-6-24(19)35)28(39)34-23-12-21(30)16(9-22(23)31)10-26(37)36-14-17(32)11-25(36)29-33-13-18(41-29)7-8-27(38)40-2;1-34-14-19(18-4-2-3-5-23(18)34)27(39)33-22-11-20(29)15(8-21(22)30)9-25(36)35-13-16(31)10-24(35)28-32-12-17(40-28)6-7-26(37)38/h3-6,9,12-13,15,17,25H,7-8,10-11,14H2,1-2H3,(H,34,39);2-5,8,11-12,14,16,24H,6-7,9-10,13H2,1H3,(H,33,39)(H,37,38)/t17-,25-;16-,24-/m00/s1. The Kier molecular flexibility index (Phi) is 18.5. The van der Waals surface area contributed by atoms with Crippen molar-refractivity contribution in [3.05, 3.63) is 160 Å². The first-order chi connectivity index (χ1) is 38.7. The lowest BCUT2D eigenvalue weighted by atomic mass is 10.1. The lowest BCUT2D eigenvalue weighted by Gasteiger charge is -2.23. The van der Waals surface area contributed by atoms with Crippen molar-refractivity contribution in [1.82, 2.24) is 28.9 Å². The lowest BCUT2D eigenvalue weighted by molar-refractivity contribution is -0.140. The number of alkyl halides is 2. The number of carbonyl (C=O) groups is 6. The molecule has 81 heavy (non-hydrogen) atoms. The number of hydrogen-bond acceptors (Lipinski definition) is 11. The summed E-state index contributed by atoms with van der Waals surface area (Å²) in [5.74, 6) is -2.57. The highest BCUT2D eigenvalue weighted by Gasteiger charge is 2.40. The highest BCUT2D eigenvalue weighted by Crippen LogP contribution is 2.40. The monoisotopic (exact) mass is 1220 g/mol. The number of aliphatic carboxylic acids is 1. The molecule has 4 atom stereocenters. The summed E-state index contributed by atoms with van der Waals surface area (Å²) in [5, 5.41) is 18.3. The molecule has 24 heteroatoms. The third-order valence-electron chi connectivity index (χ3n) is 14.0. The Morgan fingerprint density at radius 3 is 1.48 bits per heavy atom. The molecular formula is C57H52Cl4F2N8O8S2. The second-order valence-electron chi connectivity index (χ2n) is 19.5. The van der Waals surface area contributed by atoms with Crippen LogP contribution in [-0.4, -0.2) is 102 Å². The van der Waals surface area contributed by atoms with Gasteiger partial charge in [0.25, 0.3) is 11.8 Å². The predicted octanol–water partition coefficient (Wildman–Crippen LogP) is 12.2. The number of halogens is 6. The molecule has 8 aromatic rings. The molecule has 0 unspecified atom stereocenters. The van der Waals surface area contributed by atoms with Crippen LogP contribution in [0.3, 0.4) is 0 Å². The topological polar surface area (TPSA) is 198 Å². The maximum Gasteiger partial charge on any atom is 0.305 e. The van der Waals surface area contributed by atoms with Gasteiger partial charge in [-0.3, -0.25) is 28.8 Å².